The summed E-state index contributed by atoms with van der Waals surface area (Å²) in [6.07, 6.45) is 0.239. The first-order valence-corrected chi connectivity index (χ1v) is 6.82. The third-order valence-electron chi connectivity index (χ3n) is 2.89. The molecule has 0 aliphatic carbocycles. The molecule has 0 spiro atoms. The van der Waals surface area contributed by atoms with Crippen LogP contribution in [-0.4, -0.2) is 19.8 Å². The van der Waals surface area contributed by atoms with Crippen molar-refractivity contribution in [3.8, 4) is 0 Å². The zero-order valence-electron chi connectivity index (χ0n) is 10.9. The van der Waals surface area contributed by atoms with Gasteiger partial charge in [-0.25, -0.2) is 0 Å². The molecule has 1 aromatic heterocycles. The number of hydrogen-bond acceptors (Lipinski definition) is 3. The Hall–Kier alpha value is -0.380. The minimum Gasteiger partial charge on any atom is -0.376 e. The minimum atomic E-state index is 0.239. The number of hydrogen-bond donors (Lipinski definition) is 1. The Morgan fingerprint density at radius 2 is 2.12 bits per heavy atom. The molecule has 16 heavy (non-hydrogen) atoms. The van der Waals surface area contributed by atoms with Crippen molar-refractivity contribution in [3.63, 3.8) is 0 Å². The number of likely N-dealkylation sites (N-methyl/N-ethyl adjacent to an activating group) is 1. The van der Waals surface area contributed by atoms with Crippen LogP contribution < -0.4 is 5.32 Å². The molecule has 3 heteroatoms. The lowest BCUT2D eigenvalue weighted by Crippen LogP contribution is -2.35. The Labute approximate surface area is 103 Å². The largest absolute Gasteiger partial charge is 0.376 e. The Balaban J connectivity index is 2.90. The summed E-state index contributed by atoms with van der Waals surface area (Å²) in [5.74, 6) is 0.511. The smallest absolute Gasteiger partial charge is 0.0792 e. The van der Waals surface area contributed by atoms with Crippen LogP contribution in [0.25, 0.3) is 0 Å². The van der Waals surface area contributed by atoms with Gasteiger partial charge < -0.3 is 10.1 Å². The molecule has 0 saturated heterocycles. The van der Waals surface area contributed by atoms with E-state index >= 15 is 0 Å². The maximum atomic E-state index is 5.88. The lowest BCUT2D eigenvalue weighted by Gasteiger charge is -2.30. The summed E-state index contributed by atoms with van der Waals surface area (Å²) in [6.45, 7) is 9.43. The molecule has 2 atom stereocenters. The summed E-state index contributed by atoms with van der Waals surface area (Å²) in [5, 5.41) is 5.54. The van der Waals surface area contributed by atoms with Gasteiger partial charge in [-0.1, -0.05) is 13.8 Å². The third kappa shape index (κ3) is 3.06. The fourth-order valence-electron chi connectivity index (χ4n) is 2.08. The van der Waals surface area contributed by atoms with Gasteiger partial charge in [-0.3, -0.25) is 0 Å². The van der Waals surface area contributed by atoms with Gasteiger partial charge in [0.15, 0.2) is 0 Å². The molecular weight excluding hydrogens is 218 g/mol. The van der Waals surface area contributed by atoms with Gasteiger partial charge >= 0.3 is 0 Å². The molecule has 1 heterocycles. The average molecular weight is 241 g/mol. The van der Waals surface area contributed by atoms with Crippen molar-refractivity contribution < 1.29 is 4.74 Å². The van der Waals surface area contributed by atoms with Gasteiger partial charge in [0, 0.05) is 11.5 Å². The molecule has 0 saturated carbocycles. The third-order valence-corrected chi connectivity index (χ3v) is 3.75. The SMILES string of the molecule is CCOC(C(C)C)C(NC)c1ccsc1C. The van der Waals surface area contributed by atoms with Crippen molar-refractivity contribution in [2.45, 2.75) is 39.8 Å². The van der Waals surface area contributed by atoms with Crippen molar-refractivity contribution in [1.82, 2.24) is 5.32 Å². The summed E-state index contributed by atoms with van der Waals surface area (Å²) < 4.78 is 5.88. The Bertz CT molecular complexity index is 309. The van der Waals surface area contributed by atoms with Crippen molar-refractivity contribution in [2.75, 3.05) is 13.7 Å². The van der Waals surface area contributed by atoms with E-state index in [0.717, 1.165) is 6.61 Å². The van der Waals surface area contributed by atoms with E-state index in [1.807, 2.05) is 7.05 Å². The van der Waals surface area contributed by atoms with E-state index in [2.05, 4.69) is 44.5 Å². The van der Waals surface area contributed by atoms with Gasteiger partial charge in [-0.15, -0.1) is 11.3 Å². The molecule has 0 fully saturated rings. The summed E-state index contributed by atoms with van der Waals surface area (Å²) in [4.78, 5) is 1.38. The second-order valence-electron chi connectivity index (χ2n) is 4.36. The molecular formula is C13H23NOS. The number of rotatable bonds is 6. The number of thiophene rings is 1. The molecule has 1 aromatic rings. The Kier molecular flexibility index (Phi) is 5.46. The number of ether oxygens (including phenoxy) is 1. The monoisotopic (exact) mass is 241 g/mol. The van der Waals surface area contributed by atoms with E-state index in [9.17, 15) is 0 Å². The molecule has 0 amide bonds. The highest BCUT2D eigenvalue weighted by Crippen LogP contribution is 2.29. The van der Waals surface area contributed by atoms with E-state index in [4.69, 9.17) is 4.74 Å². The minimum absolute atomic E-state index is 0.239. The van der Waals surface area contributed by atoms with Crippen LogP contribution in [0.1, 0.15) is 37.3 Å². The van der Waals surface area contributed by atoms with Gasteiger partial charge in [-0.05, 0) is 43.8 Å². The lowest BCUT2D eigenvalue weighted by atomic mass is 9.94. The molecule has 92 valence electrons. The predicted octanol–water partition coefficient (Wildman–Crippen LogP) is 3.38. The molecule has 0 aromatic carbocycles. The quantitative estimate of drug-likeness (QED) is 0.824. The molecule has 0 aliphatic heterocycles. The van der Waals surface area contributed by atoms with Crippen LogP contribution in [0.4, 0.5) is 0 Å². The standard InChI is InChI=1S/C13H23NOS/c1-6-15-13(9(2)3)12(14-5)11-7-8-16-10(11)4/h7-9,12-14H,6H2,1-5H3. The first kappa shape index (κ1) is 13.7. The van der Waals surface area contributed by atoms with Gasteiger partial charge in [0.2, 0.25) is 0 Å². The Morgan fingerprint density at radius 3 is 2.50 bits per heavy atom. The van der Waals surface area contributed by atoms with Crippen molar-refractivity contribution >= 4 is 11.3 Å². The topological polar surface area (TPSA) is 21.3 Å². The van der Waals surface area contributed by atoms with E-state index in [0.29, 0.717) is 12.0 Å². The molecule has 1 rings (SSSR count). The maximum absolute atomic E-state index is 5.88. The fourth-order valence-corrected chi connectivity index (χ4v) is 2.83. The molecule has 1 N–H and O–H groups in total. The highest BCUT2D eigenvalue weighted by atomic mass is 32.1. The van der Waals surface area contributed by atoms with Gasteiger partial charge in [0.05, 0.1) is 12.1 Å². The van der Waals surface area contributed by atoms with Crippen molar-refractivity contribution in [1.29, 1.82) is 0 Å². The second kappa shape index (κ2) is 6.38. The first-order valence-electron chi connectivity index (χ1n) is 5.94. The second-order valence-corrected chi connectivity index (χ2v) is 5.48. The van der Waals surface area contributed by atoms with Crippen LogP contribution in [0.5, 0.6) is 0 Å². The van der Waals surface area contributed by atoms with Crippen molar-refractivity contribution in [2.24, 2.45) is 5.92 Å². The normalized spacial score (nSPS) is 15.4. The molecule has 2 nitrogen and oxygen atoms in total. The van der Waals surface area contributed by atoms with Crippen molar-refractivity contribution in [3.05, 3.63) is 21.9 Å². The fraction of sp³-hybridized carbons (Fsp3) is 0.692. The van der Waals surface area contributed by atoms with Crippen LogP contribution in [0.15, 0.2) is 11.4 Å². The summed E-state index contributed by atoms with van der Waals surface area (Å²) in [5.41, 5.74) is 1.37. The highest BCUT2D eigenvalue weighted by Gasteiger charge is 2.26. The van der Waals surface area contributed by atoms with Crippen LogP contribution >= 0.6 is 11.3 Å². The van der Waals surface area contributed by atoms with Crippen LogP contribution in [0.3, 0.4) is 0 Å². The van der Waals surface area contributed by atoms with Gasteiger partial charge in [0.1, 0.15) is 0 Å². The zero-order chi connectivity index (χ0) is 12.1. The van der Waals surface area contributed by atoms with E-state index in [1.54, 1.807) is 11.3 Å². The summed E-state index contributed by atoms with van der Waals surface area (Å²) >= 11 is 1.80. The van der Waals surface area contributed by atoms with Gasteiger partial charge in [0.25, 0.3) is 0 Å². The van der Waals surface area contributed by atoms with Crippen LogP contribution in [-0.2, 0) is 4.74 Å². The Morgan fingerprint density at radius 1 is 1.44 bits per heavy atom. The molecule has 0 aliphatic rings. The van der Waals surface area contributed by atoms with E-state index in [1.165, 1.54) is 10.4 Å². The average Bonchev–Trinajstić information content (AvgIpc) is 2.65. The van der Waals surface area contributed by atoms with Crippen LogP contribution in [0, 0.1) is 12.8 Å². The lowest BCUT2D eigenvalue weighted by molar-refractivity contribution is 0.00457. The maximum Gasteiger partial charge on any atom is 0.0792 e. The van der Waals surface area contributed by atoms with E-state index in [-0.39, 0.29) is 6.10 Å². The predicted molar refractivity (Wildman–Crippen MR) is 71.1 cm³/mol. The van der Waals surface area contributed by atoms with Gasteiger partial charge in [-0.2, -0.15) is 0 Å². The summed E-state index contributed by atoms with van der Waals surface area (Å²) in [7, 11) is 2.01. The van der Waals surface area contributed by atoms with E-state index < -0.39 is 0 Å². The molecule has 0 bridgehead atoms. The first-order chi connectivity index (χ1) is 7.61. The molecule has 2 unspecified atom stereocenters. The number of nitrogens with one attached hydrogen (secondary N) is 1. The molecule has 0 radical (unpaired) electrons. The zero-order valence-corrected chi connectivity index (χ0v) is 11.7. The highest BCUT2D eigenvalue weighted by molar-refractivity contribution is 7.10. The summed E-state index contributed by atoms with van der Waals surface area (Å²) in [6, 6.07) is 2.50. The van der Waals surface area contributed by atoms with Crippen LogP contribution in [0.2, 0.25) is 0 Å². The number of aryl methyl sites for hydroxylation is 1.